The zero-order valence-electron chi connectivity index (χ0n) is 16.6. The van der Waals surface area contributed by atoms with Gasteiger partial charge in [-0.3, -0.25) is 9.69 Å². The molecule has 4 heterocycles. The van der Waals surface area contributed by atoms with Crippen LogP contribution in [0.25, 0.3) is 0 Å². The fourth-order valence-corrected chi connectivity index (χ4v) is 4.41. The molecule has 0 saturated carbocycles. The monoisotopic (exact) mass is 372 g/mol. The minimum Gasteiger partial charge on any atom is -0.340 e. The first-order valence-corrected chi connectivity index (χ1v) is 9.68. The lowest BCUT2D eigenvalue weighted by molar-refractivity contribution is 0.0588. The van der Waals surface area contributed by atoms with Gasteiger partial charge in [0.25, 0.3) is 5.91 Å². The highest BCUT2D eigenvalue weighted by molar-refractivity contribution is 5.92. The highest BCUT2D eigenvalue weighted by Crippen LogP contribution is 2.47. The predicted molar refractivity (Wildman–Crippen MR) is 99.2 cm³/mol. The third-order valence-corrected chi connectivity index (χ3v) is 6.03. The van der Waals surface area contributed by atoms with E-state index in [1.165, 1.54) is 0 Å². The highest BCUT2D eigenvalue weighted by atomic mass is 16.5. The summed E-state index contributed by atoms with van der Waals surface area (Å²) in [4.78, 5) is 25.7. The maximum atomic E-state index is 12.6. The van der Waals surface area contributed by atoms with Crippen molar-refractivity contribution in [1.82, 2.24) is 29.5 Å². The molecule has 2 fully saturated rings. The van der Waals surface area contributed by atoms with Crippen LogP contribution in [-0.2, 0) is 7.05 Å². The van der Waals surface area contributed by atoms with Gasteiger partial charge in [-0.25, -0.2) is 4.98 Å². The zero-order chi connectivity index (χ0) is 19.2. The Morgan fingerprint density at radius 3 is 2.63 bits per heavy atom. The normalized spacial score (nSPS) is 22.9. The summed E-state index contributed by atoms with van der Waals surface area (Å²) < 4.78 is 7.22. The molecule has 0 aromatic carbocycles. The molecule has 2 aliphatic rings. The van der Waals surface area contributed by atoms with Crippen molar-refractivity contribution in [2.24, 2.45) is 12.5 Å². The SMILES string of the molecule is CC(C)c1nc(C2CC3(CCN(C(=O)c4cn(C)cn4)CC3)CN2C)no1. The first-order valence-electron chi connectivity index (χ1n) is 9.68. The summed E-state index contributed by atoms with van der Waals surface area (Å²) in [5, 5.41) is 4.23. The Kier molecular flexibility index (Phi) is 4.53. The van der Waals surface area contributed by atoms with Gasteiger partial charge in [-0.2, -0.15) is 4.98 Å². The van der Waals surface area contributed by atoms with Crippen LogP contribution >= 0.6 is 0 Å². The van der Waals surface area contributed by atoms with Crippen LogP contribution in [0.2, 0.25) is 0 Å². The van der Waals surface area contributed by atoms with Crippen LogP contribution in [0.15, 0.2) is 17.0 Å². The lowest BCUT2D eigenvalue weighted by Gasteiger charge is -2.39. The van der Waals surface area contributed by atoms with Crippen LogP contribution in [0, 0.1) is 5.41 Å². The number of aryl methyl sites for hydroxylation is 1. The lowest BCUT2D eigenvalue weighted by atomic mass is 9.76. The number of hydrogen-bond donors (Lipinski definition) is 0. The summed E-state index contributed by atoms with van der Waals surface area (Å²) in [5.41, 5.74) is 0.752. The Hall–Kier alpha value is -2.22. The molecule has 2 aromatic heterocycles. The van der Waals surface area contributed by atoms with Crippen LogP contribution < -0.4 is 0 Å². The zero-order valence-corrected chi connectivity index (χ0v) is 16.6. The number of amides is 1. The molecule has 1 atom stereocenters. The topological polar surface area (TPSA) is 80.3 Å². The van der Waals surface area contributed by atoms with Crippen molar-refractivity contribution >= 4 is 5.91 Å². The first-order chi connectivity index (χ1) is 12.9. The number of rotatable bonds is 3. The molecule has 8 nitrogen and oxygen atoms in total. The summed E-state index contributed by atoms with van der Waals surface area (Å²) in [7, 11) is 4.02. The van der Waals surface area contributed by atoms with E-state index >= 15 is 0 Å². The van der Waals surface area contributed by atoms with Crippen LogP contribution in [0.4, 0.5) is 0 Å². The minimum atomic E-state index is 0.0353. The number of nitrogens with zero attached hydrogens (tertiary/aromatic N) is 6. The maximum Gasteiger partial charge on any atom is 0.274 e. The Bertz CT molecular complexity index is 818. The molecule has 146 valence electrons. The second-order valence-corrected chi connectivity index (χ2v) is 8.50. The van der Waals surface area contributed by atoms with Crippen molar-refractivity contribution in [3.63, 3.8) is 0 Å². The van der Waals surface area contributed by atoms with Gasteiger partial charge in [0.05, 0.1) is 12.4 Å². The molecule has 0 radical (unpaired) electrons. The summed E-state index contributed by atoms with van der Waals surface area (Å²) in [6.07, 6.45) is 6.48. The van der Waals surface area contributed by atoms with E-state index in [2.05, 4.69) is 40.9 Å². The molecule has 0 N–H and O–H groups in total. The van der Waals surface area contributed by atoms with Gasteiger partial charge in [0.2, 0.25) is 5.89 Å². The molecule has 2 aliphatic heterocycles. The van der Waals surface area contributed by atoms with Crippen molar-refractivity contribution in [3.8, 4) is 0 Å². The summed E-state index contributed by atoms with van der Waals surface area (Å²) in [5.74, 6) is 1.78. The number of piperidine rings is 1. The second-order valence-electron chi connectivity index (χ2n) is 8.50. The van der Waals surface area contributed by atoms with Gasteiger partial charge in [-0.05, 0) is 31.7 Å². The van der Waals surface area contributed by atoms with Gasteiger partial charge in [-0.15, -0.1) is 0 Å². The molecule has 1 amide bonds. The molecule has 0 bridgehead atoms. The summed E-state index contributed by atoms with van der Waals surface area (Å²) in [6, 6.07) is 0.194. The van der Waals surface area contributed by atoms with Crippen LogP contribution in [0.3, 0.4) is 0 Å². The van der Waals surface area contributed by atoms with Gasteiger partial charge in [-0.1, -0.05) is 19.0 Å². The quantitative estimate of drug-likeness (QED) is 0.822. The number of imidazole rings is 1. The van der Waals surface area contributed by atoms with E-state index < -0.39 is 0 Å². The van der Waals surface area contributed by atoms with Crippen LogP contribution in [-0.4, -0.2) is 62.1 Å². The number of hydrogen-bond acceptors (Lipinski definition) is 6. The molecule has 27 heavy (non-hydrogen) atoms. The molecule has 1 spiro atoms. The first kappa shape index (κ1) is 18.2. The fourth-order valence-electron chi connectivity index (χ4n) is 4.41. The van der Waals surface area contributed by atoms with Crippen LogP contribution in [0.1, 0.15) is 67.3 Å². The van der Waals surface area contributed by atoms with E-state index in [0.717, 1.165) is 44.7 Å². The molecular weight excluding hydrogens is 344 g/mol. The van der Waals surface area contributed by atoms with Crippen molar-refractivity contribution in [2.45, 2.75) is 45.1 Å². The van der Waals surface area contributed by atoms with Gasteiger partial charge in [0, 0.05) is 38.8 Å². The molecule has 2 aromatic rings. The van der Waals surface area contributed by atoms with Crippen molar-refractivity contribution in [3.05, 3.63) is 29.9 Å². The van der Waals surface area contributed by atoms with E-state index in [4.69, 9.17) is 4.52 Å². The molecule has 0 aliphatic carbocycles. The van der Waals surface area contributed by atoms with Gasteiger partial charge in [0.1, 0.15) is 5.69 Å². The van der Waals surface area contributed by atoms with E-state index in [1.54, 1.807) is 12.5 Å². The average molecular weight is 372 g/mol. The third-order valence-electron chi connectivity index (χ3n) is 6.03. The smallest absolute Gasteiger partial charge is 0.274 e. The van der Waals surface area contributed by atoms with E-state index in [0.29, 0.717) is 11.6 Å². The van der Waals surface area contributed by atoms with Crippen LogP contribution in [0.5, 0.6) is 0 Å². The number of aromatic nitrogens is 4. The number of carbonyl (C=O) groups is 1. The van der Waals surface area contributed by atoms with Crippen molar-refractivity contribution in [2.75, 3.05) is 26.7 Å². The van der Waals surface area contributed by atoms with E-state index in [-0.39, 0.29) is 23.3 Å². The van der Waals surface area contributed by atoms with E-state index in [9.17, 15) is 4.79 Å². The summed E-state index contributed by atoms with van der Waals surface area (Å²) in [6.45, 7) is 6.69. The lowest BCUT2D eigenvalue weighted by Crippen LogP contribution is -2.44. The highest BCUT2D eigenvalue weighted by Gasteiger charge is 2.46. The maximum absolute atomic E-state index is 12.6. The number of carbonyl (C=O) groups excluding carboxylic acids is 1. The second kappa shape index (κ2) is 6.74. The fraction of sp³-hybridized carbons (Fsp3) is 0.684. The number of likely N-dealkylation sites (tertiary alicyclic amines) is 2. The van der Waals surface area contributed by atoms with E-state index in [1.807, 2.05) is 16.5 Å². The Balaban J connectivity index is 1.41. The standard InChI is InChI=1S/C19H28N6O2/c1-13(2)17-21-16(22-27-17)15-9-19(11-24(15)4)5-7-25(8-6-19)18(26)14-10-23(3)12-20-14/h10,12-13,15H,5-9,11H2,1-4H3. The third kappa shape index (κ3) is 3.38. The van der Waals surface area contributed by atoms with Gasteiger partial charge >= 0.3 is 0 Å². The molecular formula is C19H28N6O2. The van der Waals surface area contributed by atoms with Gasteiger partial charge < -0.3 is 14.0 Å². The minimum absolute atomic E-state index is 0.0353. The predicted octanol–water partition coefficient (Wildman–Crippen LogP) is 2.23. The van der Waals surface area contributed by atoms with Crippen molar-refractivity contribution in [1.29, 1.82) is 0 Å². The molecule has 8 heteroatoms. The molecule has 2 saturated heterocycles. The Morgan fingerprint density at radius 1 is 1.30 bits per heavy atom. The average Bonchev–Trinajstić information content (AvgIpc) is 3.34. The summed E-state index contributed by atoms with van der Waals surface area (Å²) >= 11 is 0. The van der Waals surface area contributed by atoms with Crippen molar-refractivity contribution < 1.29 is 9.32 Å². The Morgan fingerprint density at radius 2 is 2.04 bits per heavy atom. The van der Waals surface area contributed by atoms with Gasteiger partial charge in [0.15, 0.2) is 5.82 Å². The molecule has 4 rings (SSSR count). The largest absolute Gasteiger partial charge is 0.340 e. The molecule has 1 unspecified atom stereocenters. The Labute approximate surface area is 159 Å².